The van der Waals surface area contributed by atoms with Crippen LogP contribution in [0.25, 0.3) is 5.69 Å². The van der Waals surface area contributed by atoms with Gasteiger partial charge in [-0.2, -0.15) is 5.10 Å². The Balaban J connectivity index is 0.000000193. The average Bonchev–Trinajstić information content (AvgIpc) is 3.52. The summed E-state index contributed by atoms with van der Waals surface area (Å²) in [5, 5.41) is 16.6. The third-order valence-electron chi connectivity index (χ3n) is 7.79. The minimum absolute atomic E-state index is 0.285. The summed E-state index contributed by atoms with van der Waals surface area (Å²) in [6.45, 7) is 12.7. The van der Waals surface area contributed by atoms with Crippen molar-refractivity contribution < 1.29 is 9.90 Å². The van der Waals surface area contributed by atoms with E-state index in [1.807, 2.05) is 11.6 Å². The molecule has 3 aromatic rings. The molecule has 7 nitrogen and oxygen atoms in total. The minimum Gasteiger partial charge on any atom is -0.481 e. The lowest BCUT2D eigenvalue weighted by Gasteiger charge is -2.18. The maximum absolute atomic E-state index is 10.6. The predicted molar refractivity (Wildman–Crippen MR) is 158 cm³/mol. The lowest BCUT2D eigenvalue weighted by atomic mass is 10.00. The Morgan fingerprint density at radius 3 is 2.77 bits per heavy atom. The van der Waals surface area contributed by atoms with Crippen LogP contribution in [0.15, 0.2) is 42.5 Å². The summed E-state index contributed by atoms with van der Waals surface area (Å²) in [5.41, 5.74) is 7.29. The maximum atomic E-state index is 10.6. The molecular weight excluding hydrogens is 486 g/mol. The summed E-state index contributed by atoms with van der Waals surface area (Å²) >= 11 is 0. The van der Waals surface area contributed by atoms with Gasteiger partial charge in [-0.3, -0.25) is 4.79 Å². The van der Waals surface area contributed by atoms with E-state index in [1.54, 1.807) is 0 Å². The molecule has 1 fully saturated rings. The number of nitrogens with zero attached hydrogens (tertiary/aromatic N) is 4. The summed E-state index contributed by atoms with van der Waals surface area (Å²) in [6.07, 6.45) is 6.85. The highest BCUT2D eigenvalue weighted by atomic mass is 16.4. The van der Waals surface area contributed by atoms with Gasteiger partial charge >= 0.3 is 5.97 Å². The zero-order valence-electron chi connectivity index (χ0n) is 24.1. The van der Waals surface area contributed by atoms with Crippen LogP contribution in [0.2, 0.25) is 0 Å². The molecule has 0 aliphatic carbocycles. The van der Waals surface area contributed by atoms with Crippen LogP contribution in [-0.2, 0) is 17.6 Å². The molecule has 2 N–H and O–H groups in total. The van der Waals surface area contributed by atoms with Crippen molar-refractivity contribution in [3.05, 3.63) is 70.7 Å². The highest BCUT2D eigenvalue weighted by Crippen LogP contribution is 2.24. The third kappa shape index (κ3) is 8.40. The van der Waals surface area contributed by atoms with Gasteiger partial charge in [0.15, 0.2) is 0 Å². The molecule has 1 unspecified atom stereocenters. The van der Waals surface area contributed by atoms with Crippen LogP contribution >= 0.6 is 0 Å². The normalized spacial score (nSPS) is 16.9. The number of hydrogen-bond donors (Lipinski definition) is 2. The quantitative estimate of drug-likeness (QED) is 0.344. The van der Waals surface area contributed by atoms with Gasteiger partial charge in [0.05, 0.1) is 11.4 Å². The molecule has 210 valence electrons. The number of hydrogen-bond acceptors (Lipinski definition) is 5. The fourth-order valence-corrected chi connectivity index (χ4v) is 5.57. The van der Waals surface area contributed by atoms with Crippen LogP contribution in [0.1, 0.15) is 80.1 Å². The van der Waals surface area contributed by atoms with Gasteiger partial charge in [0.2, 0.25) is 0 Å². The number of aliphatic carboxylic acids is 1. The van der Waals surface area contributed by atoms with Crippen LogP contribution < -0.4 is 5.32 Å². The predicted octanol–water partition coefficient (Wildman–Crippen LogP) is 6.17. The fourth-order valence-electron chi connectivity index (χ4n) is 5.57. The number of anilines is 1. The van der Waals surface area contributed by atoms with Gasteiger partial charge in [0.1, 0.15) is 5.82 Å². The van der Waals surface area contributed by atoms with Gasteiger partial charge in [-0.25, -0.2) is 9.67 Å². The third-order valence-corrected chi connectivity index (χ3v) is 7.79. The molecule has 2 aliphatic heterocycles. The summed E-state index contributed by atoms with van der Waals surface area (Å²) < 4.78 is 2.00. The van der Waals surface area contributed by atoms with Gasteiger partial charge in [-0.15, -0.1) is 0 Å². The lowest BCUT2D eigenvalue weighted by molar-refractivity contribution is -0.137. The first kappa shape index (κ1) is 28.8. The molecule has 2 aliphatic rings. The number of carboxylic acid groups (broad SMARTS) is 1. The summed E-state index contributed by atoms with van der Waals surface area (Å²) in [7, 11) is 0. The molecule has 7 heteroatoms. The van der Waals surface area contributed by atoms with Gasteiger partial charge in [0.25, 0.3) is 0 Å². The van der Waals surface area contributed by atoms with Crippen molar-refractivity contribution in [2.75, 3.05) is 31.5 Å². The Hall–Kier alpha value is -3.19. The standard InChI is InChI=1S/C18H27N3O2.C14H18N2/c22-17(23)4-2-11-21-12-9-14(13-21)5-7-16-8-6-15-3-1-10-19-18(15)20-16;1-10(2)13-6-5-7-14(9-13)16-12(4)8-11(3)15-16/h6,8,14H,1-5,7,9-13H2,(H,19,20)(H,22,23);5-10H,1-4H3. The SMILES string of the molecule is Cc1cc(C)n(-c2cccc(C(C)C)c2)n1.O=C(O)CCCN1CCC(CCc2ccc3c(n2)NCCC3)C1. The zero-order chi connectivity index (χ0) is 27.8. The van der Waals surface area contributed by atoms with Crippen LogP contribution in [0.4, 0.5) is 5.82 Å². The number of nitrogens with one attached hydrogen (secondary N) is 1. The number of carboxylic acids is 1. The monoisotopic (exact) mass is 531 g/mol. The van der Waals surface area contributed by atoms with E-state index in [2.05, 4.69) is 78.6 Å². The first-order valence-corrected chi connectivity index (χ1v) is 14.6. The Kier molecular flexibility index (Phi) is 10.2. The number of fused-ring (bicyclic) bond motifs is 1. The van der Waals surface area contributed by atoms with E-state index < -0.39 is 5.97 Å². The largest absolute Gasteiger partial charge is 0.481 e. The molecule has 1 saturated heterocycles. The maximum Gasteiger partial charge on any atom is 0.303 e. The fraction of sp³-hybridized carbons (Fsp3) is 0.531. The molecule has 39 heavy (non-hydrogen) atoms. The molecule has 1 atom stereocenters. The summed E-state index contributed by atoms with van der Waals surface area (Å²) in [5.74, 6) is 1.69. The molecule has 2 aromatic heterocycles. The molecule has 1 aromatic carbocycles. The zero-order valence-corrected chi connectivity index (χ0v) is 24.1. The van der Waals surface area contributed by atoms with Gasteiger partial charge in [-0.1, -0.05) is 32.0 Å². The lowest BCUT2D eigenvalue weighted by Crippen LogP contribution is -2.22. The van der Waals surface area contributed by atoms with Crippen molar-refractivity contribution in [3.63, 3.8) is 0 Å². The number of aromatic nitrogens is 3. The highest BCUT2D eigenvalue weighted by molar-refractivity contribution is 5.66. The number of pyridine rings is 1. The second-order valence-electron chi connectivity index (χ2n) is 11.4. The van der Waals surface area contributed by atoms with Crippen molar-refractivity contribution in [1.82, 2.24) is 19.7 Å². The van der Waals surface area contributed by atoms with Crippen LogP contribution in [0.5, 0.6) is 0 Å². The molecular formula is C32H45N5O2. The number of carbonyl (C=O) groups is 1. The van der Waals surface area contributed by atoms with Crippen LogP contribution in [0.3, 0.4) is 0 Å². The van der Waals surface area contributed by atoms with E-state index in [9.17, 15) is 4.79 Å². The Labute approximate surface area is 233 Å². The van der Waals surface area contributed by atoms with Gasteiger partial charge in [-0.05, 0) is 113 Å². The van der Waals surface area contributed by atoms with E-state index in [0.29, 0.717) is 5.92 Å². The van der Waals surface area contributed by atoms with Crippen LogP contribution in [0, 0.1) is 19.8 Å². The van der Waals surface area contributed by atoms with E-state index in [0.717, 1.165) is 68.6 Å². The summed E-state index contributed by atoms with van der Waals surface area (Å²) in [6, 6.07) is 15.1. The Bertz CT molecular complexity index is 1240. The first-order valence-electron chi connectivity index (χ1n) is 14.6. The Morgan fingerprint density at radius 1 is 1.18 bits per heavy atom. The summed E-state index contributed by atoms with van der Waals surface area (Å²) in [4.78, 5) is 17.8. The van der Waals surface area contributed by atoms with E-state index in [1.165, 1.54) is 41.8 Å². The van der Waals surface area contributed by atoms with Gasteiger partial charge in [0, 0.05) is 30.9 Å². The van der Waals surface area contributed by atoms with Crippen LogP contribution in [-0.4, -0.2) is 56.9 Å². The van der Waals surface area contributed by atoms with Crippen molar-refractivity contribution in [2.24, 2.45) is 5.92 Å². The molecule has 0 radical (unpaired) electrons. The molecule has 0 saturated carbocycles. The number of benzene rings is 1. The van der Waals surface area contributed by atoms with Gasteiger partial charge < -0.3 is 15.3 Å². The van der Waals surface area contributed by atoms with E-state index in [4.69, 9.17) is 10.1 Å². The minimum atomic E-state index is -0.687. The molecule has 4 heterocycles. The van der Waals surface area contributed by atoms with E-state index >= 15 is 0 Å². The topological polar surface area (TPSA) is 83.3 Å². The van der Waals surface area contributed by atoms with Crippen molar-refractivity contribution in [2.45, 2.75) is 78.6 Å². The molecule has 0 bridgehead atoms. The van der Waals surface area contributed by atoms with Crippen molar-refractivity contribution in [3.8, 4) is 5.69 Å². The smallest absolute Gasteiger partial charge is 0.303 e. The molecule has 0 spiro atoms. The number of aryl methyl sites for hydroxylation is 4. The number of rotatable bonds is 9. The van der Waals surface area contributed by atoms with E-state index in [-0.39, 0.29) is 6.42 Å². The van der Waals surface area contributed by atoms with Crippen molar-refractivity contribution in [1.29, 1.82) is 0 Å². The molecule has 5 rings (SSSR count). The van der Waals surface area contributed by atoms with Crippen molar-refractivity contribution >= 4 is 11.8 Å². The highest BCUT2D eigenvalue weighted by Gasteiger charge is 2.22. The molecule has 0 amide bonds. The Morgan fingerprint density at radius 2 is 2.03 bits per heavy atom. The second kappa shape index (κ2) is 13.7. The first-order chi connectivity index (χ1) is 18.8. The average molecular weight is 532 g/mol. The number of likely N-dealkylation sites (tertiary alicyclic amines) is 1. The second-order valence-corrected chi connectivity index (χ2v) is 11.4.